The summed E-state index contributed by atoms with van der Waals surface area (Å²) in [4.78, 5) is 41.0. The third-order valence-corrected chi connectivity index (χ3v) is 6.88. The Morgan fingerprint density at radius 1 is 0.767 bits per heavy atom. The molecule has 0 aliphatic heterocycles. The predicted molar refractivity (Wildman–Crippen MR) is 118 cm³/mol. The lowest BCUT2D eigenvalue weighted by Crippen LogP contribution is -2.38. The summed E-state index contributed by atoms with van der Waals surface area (Å²) in [7, 11) is 0. The SMILES string of the molecule is O=C1CC(c2ccccc2Br)C2(C(=O)c3ccccc3C2=O)/C1=C\c1ccccc1. The van der Waals surface area contributed by atoms with Crippen molar-refractivity contribution in [3.63, 3.8) is 0 Å². The van der Waals surface area contributed by atoms with Crippen molar-refractivity contribution in [2.45, 2.75) is 12.3 Å². The number of ketones is 3. The van der Waals surface area contributed by atoms with Gasteiger partial charge >= 0.3 is 0 Å². The summed E-state index contributed by atoms with van der Waals surface area (Å²) in [6.07, 6.45) is 1.84. The molecule has 0 aromatic heterocycles. The van der Waals surface area contributed by atoms with Gasteiger partial charge in [-0.3, -0.25) is 14.4 Å². The van der Waals surface area contributed by atoms with Crippen LogP contribution in [0.15, 0.2) is 88.9 Å². The molecular weight excluding hydrogens is 440 g/mol. The van der Waals surface area contributed by atoms with Crippen LogP contribution in [0.3, 0.4) is 0 Å². The van der Waals surface area contributed by atoms with Gasteiger partial charge < -0.3 is 0 Å². The van der Waals surface area contributed by atoms with Crippen LogP contribution in [0.25, 0.3) is 6.08 Å². The molecule has 0 saturated heterocycles. The second-order valence-electron chi connectivity index (χ2n) is 7.68. The maximum atomic E-state index is 13.8. The van der Waals surface area contributed by atoms with Crippen molar-refractivity contribution >= 4 is 39.4 Å². The lowest BCUT2D eigenvalue weighted by molar-refractivity contribution is -0.114. The molecule has 0 N–H and O–H groups in total. The number of rotatable bonds is 2. The predicted octanol–water partition coefficient (Wildman–Crippen LogP) is 5.65. The van der Waals surface area contributed by atoms with Crippen molar-refractivity contribution in [1.29, 1.82) is 0 Å². The molecular formula is C26H17BrO3. The monoisotopic (exact) mass is 456 g/mol. The first-order valence-electron chi connectivity index (χ1n) is 9.78. The number of carbonyl (C=O) groups is 3. The van der Waals surface area contributed by atoms with Gasteiger partial charge in [0.1, 0.15) is 5.41 Å². The molecule has 30 heavy (non-hydrogen) atoms. The molecule has 0 amide bonds. The third kappa shape index (κ3) is 2.53. The zero-order chi connectivity index (χ0) is 20.9. The van der Waals surface area contributed by atoms with Crippen molar-refractivity contribution in [3.05, 3.63) is 111 Å². The Morgan fingerprint density at radius 2 is 1.33 bits per heavy atom. The lowest BCUT2D eigenvalue weighted by Gasteiger charge is -2.29. The minimum Gasteiger partial charge on any atom is -0.294 e. The van der Waals surface area contributed by atoms with Crippen LogP contribution in [0.4, 0.5) is 0 Å². The van der Waals surface area contributed by atoms with Crippen LogP contribution >= 0.6 is 15.9 Å². The number of hydrogen-bond acceptors (Lipinski definition) is 3. The maximum Gasteiger partial charge on any atom is 0.182 e. The van der Waals surface area contributed by atoms with Crippen molar-refractivity contribution in [3.8, 4) is 0 Å². The number of allylic oxidation sites excluding steroid dienone is 1. The van der Waals surface area contributed by atoms with E-state index in [-0.39, 0.29) is 23.8 Å². The standard InChI is InChI=1S/C26H17BrO3/c27-22-13-7-6-12-19(22)20-15-23(28)21(14-16-8-2-1-3-9-16)26(20)24(29)17-10-4-5-11-18(17)25(26)30/h1-14,20H,15H2/b21-14-. The molecule has 2 aliphatic carbocycles. The minimum absolute atomic E-state index is 0.118. The number of halogens is 1. The molecule has 2 aliphatic rings. The molecule has 0 bridgehead atoms. The van der Waals surface area contributed by atoms with Crippen LogP contribution in [0.5, 0.6) is 0 Å². The van der Waals surface area contributed by atoms with Gasteiger partial charge in [-0.2, -0.15) is 0 Å². The molecule has 0 radical (unpaired) electrons. The molecule has 1 saturated carbocycles. The van der Waals surface area contributed by atoms with Gasteiger partial charge in [0.05, 0.1) is 0 Å². The van der Waals surface area contributed by atoms with E-state index >= 15 is 0 Å². The van der Waals surface area contributed by atoms with E-state index in [1.165, 1.54) is 0 Å². The second kappa shape index (κ2) is 6.99. The quantitative estimate of drug-likeness (QED) is 0.369. The molecule has 5 rings (SSSR count). The summed E-state index contributed by atoms with van der Waals surface area (Å²) < 4.78 is 0.791. The van der Waals surface area contributed by atoms with Gasteiger partial charge in [0.25, 0.3) is 0 Å². The molecule has 1 spiro atoms. The molecule has 3 nitrogen and oxygen atoms in total. The van der Waals surface area contributed by atoms with Crippen LogP contribution in [0.2, 0.25) is 0 Å². The fourth-order valence-corrected chi connectivity index (χ4v) is 5.40. The molecule has 4 heteroatoms. The molecule has 3 aromatic carbocycles. The molecule has 0 heterocycles. The van der Waals surface area contributed by atoms with E-state index in [1.807, 2.05) is 54.6 Å². The van der Waals surface area contributed by atoms with Gasteiger partial charge in [-0.15, -0.1) is 0 Å². The van der Waals surface area contributed by atoms with E-state index in [9.17, 15) is 14.4 Å². The molecule has 1 unspecified atom stereocenters. The Labute approximate surface area is 182 Å². The Hall–Kier alpha value is -3.11. The van der Waals surface area contributed by atoms with Gasteiger partial charge in [-0.1, -0.05) is 88.7 Å². The van der Waals surface area contributed by atoms with E-state index in [0.717, 1.165) is 15.6 Å². The number of fused-ring (bicyclic) bond motifs is 1. The summed E-state index contributed by atoms with van der Waals surface area (Å²) in [6, 6.07) is 23.8. The summed E-state index contributed by atoms with van der Waals surface area (Å²) in [5, 5.41) is 0. The number of hydrogen-bond donors (Lipinski definition) is 0. The van der Waals surface area contributed by atoms with Crippen molar-refractivity contribution < 1.29 is 14.4 Å². The van der Waals surface area contributed by atoms with E-state index in [2.05, 4.69) is 15.9 Å². The van der Waals surface area contributed by atoms with E-state index in [1.54, 1.807) is 30.3 Å². The summed E-state index contributed by atoms with van der Waals surface area (Å²) >= 11 is 3.57. The highest BCUT2D eigenvalue weighted by molar-refractivity contribution is 9.10. The highest BCUT2D eigenvalue weighted by Gasteiger charge is 2.65. The average molecular weight is 457 g/mol. The van der Waals surface area contributed by atoms with Gasteiger partial charge in [-0.05, 0) is 23.3 Å². The third-order valence-electron chi connectivity index (χ3n) is 6.16. The fraction of sp³-hybridized carbons (Fsp3) is 0.115. The van der Waals surface area contributed by atoms with Crippen LogP contribution in [-0.2, 0) is 4.79 Å². The minimum atomic E-state index is -1.53. The van der Waals surface area contributed by atoms with Crippen molar-refractivity contribution in [1.82, 2.24) is 0 Å². The molecule has 1 atom stereocenters. The first-order chi connectivity index (χ1) is 14.5. The van der Waals surface area contributed by atoms with Crippen LogP contribution < -0.4 is 0 Å². The summed E-state index contributed by atoms with van der Waals surface area (Å²) in [5.74, 6) is -1.27. The van der Waals surface area contributed by atoms with Crippen LogP contribution in [-0.4, -0.2) is 17.3 Å². The van der Waals surface area contributed by atoms with Gasteiger partial charge in [0.15, 0.2) is 17.3 Å². The fourth-order valence-electron chi connectivity index (χ4n) is 4.84. The molecule has 146 valence electrons. The number of benzene rings is 3. The topological polar surface area (TPSA) is 51.2 Å². The van der Waals surface area contributed by atoms with Crippen LogP contribution in [0, 0.1) is 5.41 Å². The number of Topliss-reactive ketones (excluding diaryl/α,β-unsaturated/α-hetero) is 3. The van der Waals surface area contributed by atoms with E-state index in [4.69, 9.17) is 0 Å². The molecule has 1 fully saturated rings. The lowest BCUT2D eigenvalue weighted by atomic mass is 9.68. The highest BCUT2D eigenvalue weighted by atomic mass is 79.9. The second-order valence-corrected chi connectivity index (χ2v) is 8.54. The highest BCUT2D eigenvalue weighted by Crippen LogP contribution is 2.59. The van der Waals surface area contributed by atoms with Crippen LogP contribution in [0.1, 0.15) is 44.2 Å². The van der Waals surface area contributed by atoms with Gasteiger partial charge in [-0.25, -0.2) is 0 Å². The van der Waals surface area contributed by atoms with Gasteiger partial charge in [0, 0.05) is 33.5 Å². The van der Waals surface area contributed by atoms with E-state index in [0.29, 0.717) is 16.7 Å². The Bertz CT molecular complexity index is 1200. The zero-order valence-corrected chi connectivity index (χ0v) is 17.6. The largest absolute Gasteiger partial charge is 0.294 e. The zero-order valence-electron chi connectivity index (χ0n) is 16.0. The Morgan fingerprint density at radius 3 is 1.97 bits per heavy atom. The maximum absolute atomic E-state index is 13.8. The van der Waals surface area contributed by atoms with Gasteiger partial charge in [0.2, 0.25) is 0 Å². The average Bonchev–Trinajstić information content (AvgIpc) is 3.18. The normalized spacial score (nSPS) is 20.9. The summed E-state index contributed by atoms with van der Waals surface area (Å²) in [5.41, 5.74) is 1.16. The van der Waals surface area contributed by atoms with Crippen molar-refractivity contribution in [2.24, 2.45) is 5.41 Å². The smallest absolute Gasteiger partial charge is 0.182 e. The number of carbonyl (C=O) groups excluding carboxylic acids is 3. The molecule has 3 aromatic rings. The first-order valence-corrected chi connectivity index (χ1v) is 10.6. The summed E-state index contributed by atoms with van der Waals surface area (Å²) in [6.45, 7) is 0. The first kappa shape index (κ1) is 18.9. The Balaban J connectivity index is 1.81. The van der Waals surface area contributed by atoms with E-state index < -0.39 is 11.3 Å². The van der Waals surface area contributed by atoms with Crippen molar-refractivity contribution in [2.75, 3.05) is 0 Å². The Kier molecular flexibility index (Phi) is 4.40.